The molecule has 0 saturated carbocycles. The van der Waals surface area contributed by atoms with Gasteiger partial charge in [-0.2, -0.15) is 0 Å². The highest BCUT2D eigenvalue weighted by Crippen LogP contribution is 2.24. The summed E-state index contributed by atoms with van der Waals surface area (Å²) < 4.78 is 0. The minimum Gasteiger partial charge on any atom is -0.364 e. The van der Waals surface area contributed by atoms with Crippen molar-refractivity contribution in [2.24, 2.45) is 0 Å². The molecule has 0 atom stereocenters. The number of anilines is 1. The molecule has 0 radical (unpaired) electrons. The molecule has 0 aliphatic rings. The second kappa shape index (κ2) is 5.74. The van der Waals surface area contributed by atoms with Crippen LogP contribution in [0.4, 0.5) is 11.5 Å². The molecule has 2 rings (SSSR count). The Morgan fingerprint density at radius 2 is 2.33 bits per heavy atom. The monoisotopic (exact) mass is 284 g/mol. The number of nitrogens with zero attached hydrogens (tertiary/aromatic N) is 3. The number of pyridine rings is 1. The Labute approximate surface area is 112 Å². The van der Waals surface area contributed by atoms with E-state index >= 15 is 0 Å². The third-order valence-electron chi connectivity index (χ3n) is 2.19. The molecule has 6 nitrogen and oxygen atoms in total. The van der Waals surface area contributed by atoms with Gasteiger partial charge in [0.15, 0.2) is 0 Å². The fourth-order valence-electron chi connectivity index (χ4n) is 1.37. The predicted octanol–water partition coefficient (Wildman–Crippen LogP) is 2.75. The summed E-state index contributed by atoms with van der Waals surface area (Å²) in [4.78, 5) is 18.4. The maximum absolute atomic E-state index is 10.8. The molecule has 0 fully saturated rings. The lowest BCUT2D eigenvalue weighted by Crippen LogP contribution is -2.08. The van der Waals surface area contributed by atoms with Crippen LogP contribution in [0, 0.1) is 10.1 Å². The number of aromatic nitrogens is 2. The number of nitrogens with one attached hydrogen (secondary N) is 1. The fourth-order valence-corrected chi connectivity index (χ4v) is 2.12. The highest BCUT2D eigenvalue weighted by molar-refractivity contribution is 7.07. The molecule has 0 aromatic carbocycles. The van der Waals surface area contributed by atoms with Gasteiger partial charge in [0.25, 0.3) is 0 Å². The van der Waals surface area contributed by atoms with Crippen molar-refractivity contribution < 1.29 is 4.92 Å². The van der Waals surface area contributed by atoms with Gasteiger partial charge in [-0.1, -0.05) is 11.6 Å². The Bertz CT molecular complexity index is 547. The highest BCUT2D eigenvalue weighted by atomic mass is 35.5. The molecule has 18 heavy (non-hydrogen) atoms. The first-order valence-corrected chi connectivity index (χ1v) is 6.40. The first-order valence-electron chi connectivity index (χ1n) is 5.07. The topological polar surface area (TPSA) is 81.0 Å². The van der Waals surface area contributed by atoms with Crippen LogP contribution in [0.2, 0.25) is 5.02 Å². The van der Waals surface area contributed by atoms with Crippen LogP contribution in [0.3, 0.4) is 0 Å². The van der Waals surface area contributed by atoms with E-state index < -0.39 is 4.92 Å². The summed E-state index contributed by atoms with van der Waals surface area (Å²) in [5.74, 6) is 0.222. The quantitative estimate of drug-likeness (QED) is 0.674. The van der Waals surface area contributed by atoms with Gasteiger partial charge < -0.3 is 5.32 Å². The summed E-state index contributed by atoms with van der Waals surface area (Å²) in [5, 5.41) is 15.9. The Hall–Kier alpha value is -1.73. The summed E-state index contributed by atoms with van der Waals surface area (Å²) in [6.45, 7) is 0.527. The van der Waals surface area contributed by atoms with Crippen LogP contribution < -0.4 is 5.32 Å². The Morgan fingerprint density at radius 1 is 1.50 bits per heavy atom. The van der Waals surface area contributed by atoms with E-state index in [1.807, 2.05) is 5.38 Å². The van der Waals surface area contributed by atoms with Crippen LogP contribution in [-0.2, 0) is 6.42 Å². The van der Waals surface area contributed by atoms with Gasteiger partial charge in [0.1, 0.15) is 0 Å². The number of hydrogen-bond donors (Lipinski definition) is 1. The van der Waals surface area contributed by atoms with Crippen LogP contribution in [-0.4, -0.2) is 21.4 Å². The molecule has 0 saturated heterocycles. The third kappa shape index (κ3) is 3.14. The molecule has 0 amide bonds. The molecule has 2 heterocycles. The average molecular weight is 285 g/mol. The van der Waals surface area contributed by atoms with Gasteiger partial charge in [-0.3, -0.25) is 10.1 Å². The maximum atomic E-state index is 10.8. The minimum atomic E-state index is -0.510. The van der Waals surface area contributed by atoms with E-state index in [9.17, 15) is 10.1 Å². The van der Waals surface area contributed by atoms with Gasteiger partial charge in [-0.15, -0.1) is 11.3 Å². The Morgan fingerprint density at radius 3 is 3.00 bits per heavy atom. The first kappa shape index (κ1) is 12.7. The molecule has 2 aromatic rings. The van der Waals surface area contributed by atoms with Crippen molar-refractivity contribution in [3.8, 4) is 0 Å². The number of nitro groups is 1. The molecular weight excluding hydrogens is 276 g/mol. The molecule has 0 aliphatic carbocycles. The van der Waals surface area contributed by atoms with Crippen molar-refractivity contribution in [2.75, 3.05) is 11.9 Å². The van der Waals surface area contributed by atoms with Crippen LogP contribution >= 0.6 is 22.9 Å². The van der Waals surface area contributed by atoms with Crippen molar-refractivity contribution in [1.82, 2.24) is 9.97 Å². The van der Waals surface area contributed by atoms with E-state index in [2.05, 4.69) is 15.3 Å². The summed E-state index contributed by atoms with van der Waals surface area (Å²) in [5.41, 5.74) is 2.57. The molecule has 1 N–H and O–H groups in total. The summed E-state index contributed by atoms with van der Waals surface area (Å²) in [6, 6.07) is 1.28. The second-order valence-corrected chi connectivity index (χ2v) is 4.59. The molecule has 2 aromatic heterocycles. The number of halogens is 1. The summed E-state index contributed by atoms with van der Waals surface area (Å²) >= 11 is 7.19. The van der Waals surface area contributed by atoms with Gasteiger partial charge in [0, 0.05) is 30.6 Å². The van der Waals surface area contributed by atoms with Crippen molar-refractivity contribution in [2.45, 2.75) is 6.42 Å². The lowest BCUT2D eigenvalue weighted by atomic mass is 10.3. The van der Waals surface area contributed by atoms with Crippen LogP contribution in [0.25, 0.3) is 0 Å². The largest absolute Gasteiger partial charge is 0.364 e. The lowest BCUT2D eigenvalue weighted by Gasteiger charge is -2.05. The van der Waals surface area contributed by atoms with Gasteiger partial charge in [-0.25, -0.2) is 9.97 Å². The van der Waals surface area contributed by atoms with Gasteiger partial charge in [0.2, 0.25) is 5.82 Å². The zero-order valence-corrected chi connectivity index (χ0v) is 10.7. The second-order valence-electron chi connectivity index (χ2n) is 3.43. The highest BCUT2D eigenvalue weighted by Gasteiger charge is 2.15. The van der Waals surface area contributed by atoms with Crippen molar-refractivity contribution in [3.63, 3.8) is 0 Å². The number of thiazole rings is 1. The summed E-state index contributed by atoms with van der Waals surface area (Å²) in [6.07, 6.45) is 2.06. The summed E-state index contributed by atoms with van der Waals surface area (Å²) in [7, 11) is 0. The van der Waals surface area contributed by atoms with Gasteiger partial charge in [-0.05, 0) is 0 Å². The Balaban J connectivity index is 2.02. The van der Waals surface area contributed by atoms with Crippen molar-refractivity contribution in [1.29, 1.82) is 0 Å². The van der Waals surface area contributed by atoms with E-state index in [4.69, 9.17) is 11.6 Å². The maximum Gasteiger partial charge on any atom is 0.312 e. The van der Waals surface area contributed by atoms with E-state index in [0.29, 0.717) is 13.0 Å². The lowest BCUT2D eigenvalue weighted by molar-refractivity contribution is -0.384. The molecule has 0 aliphatic heterocycles. The van der Waals surface area contributed by atoms with Gasteiger partial charge in [0.05, 0.1) is 21.2 Å². The van der Waals surface area contributed by atoms with Crippen molar-refractivity contribution >= 4 is 34.4 Å². The minimum absolute atomic E-state index is 0.124. The average Bonchev–Trinajstić information content (AvgIpc) is 2.84. The van der Waals surface area contributed by atoms with E-state index in [-0.39, 0.29) is 16.5 Å². The zero-order chi connectivity index (χ0) is 13.0. The zero-order valence-electron chi connectivity index (χ0n) is 9.17. The third-order valence-corrected chi connectivity index (χ3v) is 3.03. The van der Waals surface area contributed by atoms with Crippen LogP contribution in [0.1, 0.15) is 5.69 Å². The standard InChI is InChI=1S/C10H9ClN4O2S/c11-7-3-9(15(16)17)10(13-4-7)12-2-1-8-5-18-6-14-8/h3-6H,1-2H2,(H,12,13). The molecule has 0 unspecified atom stereocenters. The van der Waals surface area contributed by atoms with E-state index in [1.54, 1.807) is 5.51 Å². The number of rotatable bonds is 5. The van der Waals surface area contributed by atoms with Crippen molar-refractivity contribution in [3.05, 3.63) is 44.0 Å². The first-order chi connectivity index (χ1) is 8.66. The molecular formula is C10H9ClN4O2S. The SMILES string of the molecule is O=[N+]([O-])c1cc(Cl)cnc1NCCc1cscn1. The van der Waals surface area contributed by atoms with Crippen LogP contribution in [0.15, 0.2) is 23.2 Å². The van der Waals surface area contributed by atoms with E-state index in [0.717, 1.165) is 5.69 Å². The smallest absolute Gasteiger partial charge is 0.312 e. The van der Waals surface area contributed by atoms with Gasteiger partial charge >= 0.3 is 5.69 Å². The van der Waals surface area contributed by atoms with E-state index in [1.165, 1.54) is 23.6 Å². The number of hydrogen-bond acceptors (Lipinski definition) is 6. The van der Waals surface area contributed by atoms with Crippen LogP contribution in [0.5, 0.6) is 0 Å². The fraction of sp³-hybridized carbons (Fsp3) is 0.200. The molecule has 94 valence electrons. The molecule has 8 heteroatoms. The predicted molar refractivity (Wildman–Crippen MR) is 70.2 cm³/mol. The normalized spacial score (nSPS) is 10.3. The molecule has 0 bridgehead atoms. The Kier molecular flexibility index (Phi) is 4.06. The molecule has 0 spiro atoms.